The largest absolute Gasteiger partial charge is 0.436 e. The molecular formula is C13H10BrClF2N2O. The quantitative estimate of drug-likeness (QED) is 0.563. The smallest absolute Gasteiger partial charge is 0.224 e. The molecule has 0 atom stereocenters. The Labute approximate surface area is 128 Å². The van der Waals surface area contributed by atoms with Crippen molar-refractivity contribution in [2.75, 3.05) is 0 Å². The number of hydrogen-bond donors (Lipinski definition) is 0. The summed E-state index contributed by atoms with van der Waals surface area (Å²) in [6.45, 7) is 3.77. The fourth-order valence-electron chi connectivity index (χ4n) is 1.44. The van der Waals surface area contributed by atoms with Crippen molar-refractivity contribution in [3.63, 3.8) is 0 Å². The predicted molar refractivity (Wildman–Crippen MR) is 75.3 cm³/mol. The number of benzene rings is 1. The molecule has 20 heavy (non-hydrogen) atoms. The van der Waals surface area contributed by atoms with Crippen LogP contribution in [0.4, 0.5) is 8.78 Å². The van der Waals surface area contributed by atoms with E-state index in [1.54, 1.807) is 0 Å². The van der Waals surface area contributed by atoms with E-state index in [4.69, 9.17) is 16.3 Å². The van der Waals surface area contributed by atoms with Crippen LogP contribution in [0.25, 0.3) is 0 Å². The highest BCUT2D eigenvalue weighted by atomic mass is 79.9. The van der Waals surface area contributed by atoms with Crippen LogP contribution in [0.3, 0.4) is 0 Å². The monoisotopic (exact) mass is 362 g/mol. The number of aromatic nitrogens is 2. The van der Waals surface area contributed by atoms with Gasteiger partial charge in [-0.3, -0.25) is 0 Å². The van der Waals surface area contributed by atoms with Crippen LogP contribution in [0, 0.1) is 11.6 Å². The van der Waals surface area contributed by atoms with E-state index in [9.17, 15) is 8.78 Å². The van der Waals surface area contributed by atoms with Crippen LogP contribution in [0.5, 0.6) is 11.6 Å². The van der Waals surface area contributed by atoms with E-state index in [2.05, 4.69) is 25.9 Å². The van der Waals surface area contributed by atoms with Crippen molar-refractivity contribution in [3.05, 3.63) is 45.3 Å². The molecule has 0 amide bonds. The third-order valence-electron chi connectivity index (χ3n) is 2.38. The summed E-state index contributed by atoms with van der Waals surface area (Å²) in [7, 11) is 0. The lowest BCUT2D eigenvalue weighted by Crippen LogP contribution is -2.01. The minimum atomic E-state index is -1.09. The molecule has 1 aromatic heterocycles. The Balaban J connectivity index is 2.40. The van der Waals surface area contributed by atoms with E-state index in [-0.39, 0.29) is 22.7 Å². The molecule has 1 aromatic carbocycles. The van der Waals surface area contributed by atoms with Crippen molar-refractivity contribution in [1.29, 1.82) is 0 Å². The second-order valence-electron chi connectivity index (χ2n) is 4.34. The highest BCUT2D eigenvalue weighted by molar-refractivity contribution is 9.10. The molecule has 7 heteroatoms. The zero-order valence-corrected chi connectivity index (χ0v) is 13.0. The Morgan fingerprint density at radius 1 is 1.20 bits per heavy atom. The number of halogens is 4. The highest BCUT2D eigenvalue weighted by Crippen LogP contribution is 2.30. The summed E-state index contributed by atoms with van der Waals surface area (Å²) in [6, 6.07) is 3.66. The molecular weight excluding hydrogens is 354 g/mol. The van der Waals surface area contributed by atoms with Crippen molar-refractivity contribution in [1.82, 2.24) is 9.97 Å². The molecule has 0 saturated heterocycles. The van der Waals surface area contributed by atoms with Crippen molar-refractivity contribution >= 4 is 27.5 Å². The Bertz CT molecular complexity index is 653. The number of nitrogens with zero attached hydrogens (tertiary/aromatic N) is 2. The maximum atomic E-state index is 13.6. The van der Waals surface area contributed by atoms with E-state index in [0.29, 0.717) is 10.3 Å². The molecule has 2 aromatic rings. The van der Waals surface area contributed by atoms with Crippen LogP contribution in [0.15, 0.2) is 22.7 Å². The van der Waals surface area contributed by atoms with Gasteiger partial charge in [-0.1, -0.05) is 41.4 Å². The van der Waals surface area contributed by atoms with Crippen molar-refractivity contribution < 1.29 is 13.5 Å². The van der Waals surface area contributed by atoms with Gasteiger partial charge in [0.05, 0.1) is 0 Å². The number of rotatable bonds is 3. The fraction of sp³-hybridized carbons (Fsp3) is 0.231. The fourth-order valence-corrected chi connectivity index (χ4v) is 2.03. The first-order valence-corrected chi connectivity index (χ1v) is 6.90. The Morgan fingerprint density at radius 3 is 2.55 bits per heavy atom. The topological polar surface area (TPSA) is 35.0 Å². The molecule has 1 heterocycles. The van der Waals surface area contributed by atoms with Crippen LogP contribution in [-0.2, 0) is 0 Å². The molecule has 0 aliphatic carbocycles. The normalized spacial score (nSPS) is 10.9. The summed E-state index contributed by atoms with van der Waals surface area (Å²) in [5, 5.41) is 0.176. The average molecular weight is 364 g/mol. The van der Waals surface area contributed by atoms with E-state index < -0.39 is 11.6 Å². The molecule has 0 aliphatic heterocycles. The third kappa shape index (κ3) is 3.43. The van der Waals surface area contributed by atoms with Gasteiger partial charge in [0, 0.05) is 16.5 Å². The Hall–Kier alpha value is -1.27. The first kappa shape index (κ1) is 15.1. The summed E-state index contributed by atoms with van der Waals surface area (Å²) >= 11 is 8.92. The Kier molecular flexibility index (Phi) is 4.55. The van der Waals surface area contributed by atoms with Gasteiger partial charge in [-0.25, -0.2) is 9.37 Å². The van der Waals surface area contributed by atoms with Crippen LogP contribution in [-0.4, -0.2) is 9.97 Å². The van der Waals surface area contributed by atoms with Gasteiger partial charge in [0.2, 0.25) is 11.7 Å². The first-order chi connectivity index (χ1) is 9.36. The van der Waals surface area contributed by atoms with Gasteiger partial charge in [0.25, 0.3) is 0 Å². The lowest BCUT2D eigenvalue weighted by molar-refractivity contribution is 0.402. The van der Waals surface area contributed by atoms with Gasteiger partial charge in [-0.05, 0) is 12.1 Å². The molecule has 0 radical (unpaired) electrons. The second-order valence-corrected chi connectivity index (χ2v) is 5.65. The SMILES string of the molecule is CC(C)c1nc(Cl)cc(Oc2cc(Br)cc(F)c2F)n1. The van der Waals surface area contributed by atoms with Gasteiger partial charge in [0.15, 0.2) is 11.6 Å². The lowest BCUT2D eigenvalue weighted by atomic mass is 10.2. The standard InChI is InChI=1S/C13H10BrClF2N2O/c1-6(2)13-18-10(15)5-11(19-13)20-9-4-7(14)3-8(16)12(9)17/h3-6H,1-2H3. The molecule has 0 spiro atoms. The maximum Gasteiger partial charge on any atom is 0.224 e. The summed E-state index contributed by atoms with van der Waals surface area (Å²) < 4.78 is 32.5. The molecule has 0 aliphatic rings. The van der Waals surface area contributed by atoms with E-state index in [1.165, 1.54) is 12.1 Å². The molecule has 0 fully saturated rings. The summed E-state index contributed by atoms with van der Waals surface area (Å²) in [4.78, 5) is 8.14. The molecule has 0 bridgehead atoms. The zero-order valence-electron chi connectivity index (χ0n) is 10.6. The molecule has 0 unspecified atom stereocenters. The molecule has 3 nitrogen and oxygen atoms in total. The van der Waals surface area contributed by atoms with Crippen LogP contribution < -0.4 is 4.74 Å². The lowest BCUT2D eigenvalue weighted by Gasteiger charge is -2.10. The zero-order chi connectivity index (χ0) is 14.9. The van der Waals surface area contributed by atoms with Crippen molar-refractivity contribution in [2.45, 2.75) is 19.8 Å². The summed E-state index contributed by atoms with van der Waals surface area (Å²) in [6.07, 6.45) is 0. The minimum absolute atomic E-state index is 0.0279. The van der Waals surface area contributed by atoms with Crippen molar-refractivity contribution in [2.24, 2.45) is 0 Å². The summed E-state index contributed by atoms with van der Waals surface area (Å²) in [5.74, 6) is -1.83. The van der Waals surface area contributed by atoms with Gasteiger partial charge in [-0.15, -0.1) is 0 Å². The third-order valence-corrected chi connectivity index (χ3v) is 3.03. The molecule has 2 rings (SSSR count). The second kappa shape index (κ2) is 6.01. The van der Waals surface area contributed by atoms with Gasteiger partial charge < -0.3 is 4.74 Å². The van der Waals surface area contributed by atoms with E-state index in [0.717, 1.165) is 6.07 Å². The minimum Gasteiger partial charge on any atom is -0.436 e. The summed E-state index contributed by atoms with van der Waals surface area (Å²) in [5.41, 5.74) is 0. The van der Waals surface area contributed by atoms with Gasteiger partial charge in [-0.2, -0.15) is 9.37 Å². The number of hydrogen-bond acceptors (Lipinski definition) is 3. The van der Waals surface area contributed by atoms with Gasteiger partial charge in [0.1, 0.15) is 11.0 Å². The highest BCUT2D eigenvalue weighted by Gasteiger charge is 2.14. The Morgan fingerprint density at radius 2 is 1.90 bits per heavy atom. The van der Waals surface area contributed by atoms with Gasteiger partial charge >= 0.3 is 0 Å². The predicted octanol–water partition coefficient (Wildman–Crippen LogP) is 5.09. The molecule has 0 saturated carbocycles. The first-order valence-electron chi connectivity index (χ1n) is 5.73. The van der Waals surface area contributed by atoms with E-state index >= 15 is 0 Å². The van der Waals surface area contributed by atoms with Crippen LogP contribution >= 0.6 is 27.5 Å². The molecule has 106 valence electrons. The van der Waals surface area contributed by atoms with Crippen LogP contribution in [0.2, 0.25) is 5.15 Å². The van der Waals surface area contributed by atoms with Crippen molar-refractivity contribution in [3.8, 4) is 11.6 Å². The average Bonchev–Trinajstić information content (AvgIpc) is 2.34. The number of ether oxygens (including phenoxy) is 1. The van der Waals surface area contributed by atoms with E-state index in [1.807, 2.05) is 13.8 Å². The molecule has 0 N–H and O–H groups in total. The van der Waals surface area contributed by atoms with Crippen LogP contribution in [0.1, 0.15) is 25.6 Å². The maximum absolute atomic E-state index is 13.6.